The van der Waals surface area contributed by atoms with Gasteiger partial charge in [-0.1, -0.05) is 0 Å². The molecule has 8 heteroatoms. The van der Waals surface area contributed by atoms with Crippen LogP contribution in [-0.2, 0) is 6.18 Å². The largest absolute Gasteiger partial charge is 0.416 e. The summed E-state index contributed by atoms with van der Waals surface area (Å²) < 4.78 is 38.7. The van der Waals surface area contributed by atoms with Crippen molar-refractivity contribution in [3.63, 3.8) is 0 Å². The Hall–Kier alpha value is -0.540. The Kier molecular flexibility index (Phi) is 6.30. The Balaban J connectivity index is 0.00000220. The van der Waals surface area contributed by atoms with Gasteiger partial charge in [-0.3, -0.25) is 4.79 Å². The number of amides is 1. The standard InChI is InChI=1S/C13H14F3IN2O.ClH/c1-8-7-19(3-2-18-8)12(20)9-4-10(13(14,15)16)6-11(17)5-9;/h4-6,8,18H,2-3,7H2,1H3;1H. The molecule has 1 aliphatic rings. The van der Waals surface area contributed by atoms with E-state index < -0.39 is 11.7 Å². The third kappa shape index (κ3) is 4.72. The molecule has 1 heterocycles. The van der Waals surface area contributed by atoms with Crippen molar-refractivity contribution in [2.45, 2.75) is 19.1 Å². The van der Waals surface area contributed by atoms with E-state index in [9.17, 15) is 18.0 Å². The van der Waals surface area contributed by atoms with Gasteiger partial charge in [0, 0.05) is 34.8 Å². The van der Waals surface area contributed by atoms with Crippen molar-refractivity contribution in [1.29, 1.82) is 0 Å². The van der Waals surface area contributed by atoms with Crippen molar-refractivity contribution in [1.82, 2.24) is 10.2 Å². The molecule has 1 atom stereocenters. The summed E-state index contributed by atoms with van der Waals surface area (Å²) in [5.74, 6) is -0.345. The minimum absolute atomic E-state index is 0. The van der Waals surface area contributed by atoms with Crippen LogP contribution in [0.15, 0.2) is 18.2 Å². The molecule has 1 unspecified atom stereocenters. The topological polar surface area (TPSA) is 32.3 Å². The smallest absolute Gasteiger partial charge is 0.336 e. The van der Waals surface area contributed by atoms with Gasteiger partial charge in [0.25, 0.3) is 5.91 Å². The minimum atomic E-state index is -4.44. The van der Waals surface area contributed by atoms with Gasteiger partial charge in [0.1, 0.15) is 0 Å². The Labute approximate surface area is 140 Å². The average Bonchev–Trinajstić information content (AvgIpc) is 2.36. The number of rotatable bonds is 1. The summed E-state index contributed by atoms with van der Waals surface area (Å²) in [5, 5.41) is 3.19. The highest BCUT2D eigenvalue weighted by Crippen LogP contribution is 2.31. The van der Waals surface area contributed by atoms with Crippen LogP contribution in [-0.4, -0.2) is 36.5 Å². The molecule has 1 aromatic rings. The fraction of sp³-hybridized carbons (Fsp3) is 0.462. The number of carbonyl (C=O) groups is 1. The second kappa shape index (κ2) is 7.15. The van der Waals surface area contributed by atoms with Gasteiger partial charge in [-0.25, -0.2) is 0 Å². The van der Waals surface area contributed by atoms with Crippen molar-refractivity contribution in [3.8, 4) is 0 Å². The van der Waals surface area contributed by atoms with E-state index in [1.807, 2.05) is 6.92 Å². The van der Waals surface area contributed by atoms with Crippen LogP contribution in [0.25, 0.3) is 0 Å². The van der Waals surface area contributed by atoms with Gasteiger partial charge >= 0.3 is 6.18 Å². The van der Waals surface area contributed by atoms with E-state index in [-0.39, 0.29) is 29.9 Å². The summed E-state index contributed by atoms with van der Waals surface area (Å²) in [5.41, 5.74) is -0.686. The van der Waals surface area contributed by atoms with Crippen molar-refractivity contribution in [3.05, 3.63) is 32.9 Å². The molecule has 1 amide bonds. The van der Waals surface area contributed by atoms with Gasteiger partial charge in [-0.05, 0) is 47.7 Å². The first kappa shape index (κ1) is 18.5. The fourth-order valence-electron chi connectivity index (χ4n) is 2.18. The van der Waals surface area contributed by atoms with Crippen LogP contribution in [0.1, 0.15) is 22.8 Å². The first-order chi connectivity index (χ1) is 9.27. The zero-order valence-electron chi connectivity index (χ0n) is 11.2. The third-order valence-corrected chi connectivity index (χ3v) is 3.75. The molecule has 0 spiro atoms. The van der Waals surface area contributed by atoms with Crippen molar-refractivity contribution in [2.24, 2.45) is 0 Å². The molecule has 0 aliphatic carbocycles. The summed E-state index contributed by atoms with van der Waals surface area (Å²) >= 11 is 1.80. The first-order valence-electron chi connectivity index (χ1n) is 6.18. The third-order valence-electron chi connectivity index (χ3n) is 3.13. The summed E-state index contributed by atoms with van der Waals surface area (Å²) in [7, 11) is 0. The summed E-state index contributed by atoms with van der Waals surface area (Å²) in [6, 6.07) is 3.61. The van der Waals surface area contributed by atoms with Crippen LogP contribution >= 0.6 is 35.0 Å². The normalized spacial score (nSPS) is 19.1. The highest BCUT2D eigenvalue weighted by atomic mass is 127. The fourth-order valence-corrected chi connectivity index (χ4v) is 2.85. The molecule has 1 fully saturated rings. The van der Waals surface area contributed by atoms with E-state index in [0.717, 1.165) is 12.1 Å². The van der Waals surface area contributed by atoms with Crippen LogP contribution in [0, 0.1) is 3.57 Å². The zero-order valence-corrected chi connectivity index (χ0v) is 14.2. The van der Waals surface area contributed by atoms with Crippen molar-refractivity contribution in [2.75, 3.05) is 19.6 Å². The molecule has 1 aliphatic heterocycles. The van der Waals surface area contributed by atoms with Crippen molar-refractivity contribution < 1.29 is 18.0 Å². The summed E-state index contributed by atoms with van der Waals surface area (Å²) in [6.07, 6.45) is -4.44. The predicted molar refractivity (Wildman–Crippen MR) is 84.8 cm³/mol. The van der Waals surface area contributed by atoms with Crippen LogP contribution < -0.4 is 5.32 Å². The number of halogens is 5. The lowest BCUT2D eigenvalue weighted by Gasteiger charge is -2.32. The number of hydrogen-bond acceptors (Lipinski definition) is 2. The molecule has 1 aromatic carbocycles. The minimum Gasteiger partial charge on any atom is -0.336 e. The molecule has 118 valence electrons. The summed E-state index contributed by atoms with van der Waals surface area (Å²) in [4.78, 5) is 13.9. The van der Waals surface area contributed by atoms with E-state index in [1.165, 1.54) is 6.07 Å². The van der Waals surface area contributed by atoms with E-state index in [4.69, 9.17) is 0 Å². The summed E-state index contributed by atoms with van der Waals surface area (Å²) in [6.45, 7) is 3.61. The molecule has 3 nitrogen and oxygen atoms in total. The molecule has 21 heavy (non-hydrogen) atoms. The molecule has 2 rings (SSSR count). The Bertz CT molecular complexity index is 525. The maximum absolute atomic E-state index is 12.8. The number of benzene rings is 1. The number of carbonyl (C=O) groups excluding carboxylic acids is 1. The monoisotopic (exact) mass is 434 g/mol. The van der Waals surface area contributed by atoms with Gasteiger partial charge in [0.05, 0.1) is 5.56 Å². The van der Waals surface area contributed by atoms with E-state index in [0.29, 0.717) is 23.2 Å². The molecular formula is C13H15ClF3IN2O. The van der Waals surface area contributed by atoms with Crippen molar-refractivity contribution >= 4 is 40.9 Å². The Morgan fingerprint density at radius 2 is 2.05 bits per heavy atom. The molecule has 0 bridgehead atoms. The quantitative estimate of drug-likeness (QED) is 0.689. The van der Waals surface area contributed by atoms with Crippen LogP contribution in [0.2, 0.25) is 0 Å². The molecule has 0 aromatic heterocycles. The van der Waals surface area contributed by atoms with E-state index >= 15 is 0 Å². The van der Waals surface area contributed by atoms with Crippen LogP contribution in [0.5, 0.6) is 0 Å². The maximum Gasteiger partial charge on any atom is 0.416 e. The number of piperazine rings is 1. The van der Waals surface area contributed by atoms with Gasteiger partial charge in [-0.2, -0.15) is 13.2 Å². The van der Waals surface area contributed by atoms with E-state index in [1.54, 1.807) is 27.5 Å². The number of alkyl halides is 3. The second-order valence-corrected chi connectivity index (χ2v) is 6.08. The predicted octanol–water partition coefficient (Wildman–Crippen LogP) is 3.17. The average molecular weight is 435 g/mol. The number of hydrogen-bond donors (Lipinski definition) is 1. The lowest BCUT2D eigenvalue weighted by atomic mass is 10.1. The Morgan fingerprint density at radius 3 is 2.62 bits per heavy atom. The Morgan fingerprint density at radius 1 is 1.38 bits per heavy atom. The molecule has 1 N–H and O–H groups in total. The second-order valence-electron chi connectivity index (χ2n) is 4.83. The molecule has 0 radical (unpaired) electrons. The lowest BCUT2D eigenvalue weighted by molar-refractivity contribution is -0.137. The SMILES string of the molecule is CC1CN(C(=O)c2cc(I)cc(C(F)(F)F)c2)CCN1.Cl. The maximum atomic E-state index is 12.8. The van der Waals surface area contributed by atoms with Gasteiger partial charge in [0.2, 0.25) is 0 Å². The van der Waals surface area contributed by atoms with E-state index in [2.05, 4.69) is 5.32 Å². The lowest BCUT2D eigenvalue weighted by Crippen LogP contribution is -2.51. The van der Waals surface area contributed by atoms with Gasteiger partial charge in [-0.15, -0.1) is 12.4 Å². The number of nitrogens with zero attached hydrogens (tertiary/aromatic N) is 1. The molecular weight excluding hydrogens is 420 g/mol. The van der Waals surface area contributed by atoms with Gasteiger partial charge < -0.3 is 10.2 Å². The van der Waals surface area contributed by atoms with Crippen LogP contribution in [0.4, 0.5) is 13.2 Å². The molecule has 0 saturated carbocycles. The number of nitrogens with one attached hydrogen (secondary N) is 1. The molecule has 1 saturated heterocycles. The highest BCUT2D eigenvalue weighted by molar-refractivity contribution is 14.1. The van der Waals surface area contributed by atoms with Crippen LogP contribution in [0.3, 0.4) is 0 Å². The highest BCUT2D eigenvalue weighted by Gasteiger charge is 2.32. The zero-order chi connectivity index (χ0) is 14.9. The first-order valence-corrected chi connectivity index (χ1v) is 7.25. The van der Waals surface area contributed by atoms with Gasteiger partial charge in [0.15, 0.2) is 0 Å².